The van der Waals surface area contributed by atoms with Crippen LogP contribution < -0.4 is 15.5 Å². The summed E-state index contributed by atoms with van der Waals surface area (Å²) in [7, 11) is 0. The first-order valence-corrected chi connectivity index (χ1v) is 8.54. The van der Waals surface area contributed by atoms with Crippen LogP contribution in [-0.4, -0.2) is 30.8 Å². The highest BCUT2D eigenvalue weighted by atomic mass is 32.1. The number of anilines is 2. The van der Waals surface area contributed by atoms with Crippen molar-refractivity contribution in [3.63, 3.8) is 0 Å². The van der Waals surface area contributed by atoms with Crippen molar-refractivity contribution < 1.29 is 14.4 Å². The summed E-state index contributed by atoms with van der Waals surface area (Å²) in [4.78, 5) is 38.1. The van der Waals surface area contributed by atoms with E-state index in [-0.39, 0.29) is 24.3 Å². The predicted molar refractivity (Wildman–Crippen MR) is 93.3 cm³/mol. The molecule has 7 heteroatoms. The molecule has 1 saturated heterocycles. The molecular formula is C17H17N3O3S. The Kier molecular flexibility index (Phi) is 4.90. The monoisotopic (exact) mass is 343 g/mol. The Hall–Kier alpha value is -2.67. The molecule has 124 valence electrons. The zero-order valence-electron chi connectivity index (χ0n) is 13.0. The summed E-state index contributed by atoms with van der Waals surface area (Å²) in [6.45, 7) is 0.528. The molecular weight excluding hydrogens is 326 g/mol. The van der Waals surface area contributed by atoms with E-state index in [2.05, 4.69) is 10.6 Å². The summed E-state index contributed by atoms with van der Waals surface area (Å²) in [5, 5.41) is 7.15. The molecule has 3 rings (SSSR count). The zero-order valence-corrected chi connectivity index (χ0v) is 13.8. The minimum absolute atomic E-state index is 0.0581. The number of carbonyl (C=O) groups excluding carboxylic acids is 3. The largest absolute Gasteiger partial charge is 0.342 e. The number of hydrogen-bond donors (Lipinski definition) is 2. The summed E-state index contributed by atoms with van der Waals surface area (Å²) in [5.41, 5.74) is 1.26. The van der Waals surface area contributed by atoms with E-state index in [1.807, 2.05) is 12.1 Å². The molecule has 0 spiro atoms. The lowest BCUT2D eigenvalue weighted by Crippen LogP contribution is -2.33. The lowest BCUT2D eigenvalue weighted by atomic mass is 10.2. The smallest absolute Gasteiger partial charge is 0.261 e. The van der Waals surface area contributed by atoms with Gasteiger partial charge in [0, 0.05) is 13.0 Å². The Morgan fingerprint density at radius 3 is 2.71 bits per heavy atom. The number of nitrogens with zero attached hydrogens (tertiary/aromatic N) is 1. The molecule has 1 aromatic heterocycles. The highest BCUT2D eigenvalue weighted by Crippen LogP contribution is 2.29. The Morgan fingerprint density at radius 2 is 2.00 bits per heavy atom. The van der Waals surface area contributed by atoms with Gasteiger partial charge in [-0.15, -0.1) is 11.3 Å². The molecule has 1 aliphatic heterocycles. The van der Waals surface area contributed by atoms with Crippen LogP contribution in [0.3, 0.4) is 0 Å². The molecule has 24 heavy (non-hydrogen) atoms. The van der Waals surface area contributed by atoms with Gasteiger partial charge in [0.25, 0.3) is 5.91 Å². The highest BCUT2D eigenvalue weighted by Gasteiger charge is 2.24. The fourth-order valence-corrected chi connectivity index (χ4v) is 3.21. The topological polar surface area (TPSA) is 78.5 Å². The molecule has 2 heterocycles. The molecule has 1 aromatic carbocycles. The molecule has 3 amide bonds. The van der Waals surface area contributed by atoms with Gasteiger partial charge in [-0.25, -0.2) is 0 Å². The summed E-state index contributed by atoms with van der Waals surface area (Å²) < 4.78 is 0. The number of rotatable bonds is 5. The zero-order chi connectivity index (χ0) is 16.9. The van der Waals surface area contributed by atoms with Crippen LogP contribution in [0.5, 0.6) is 0 Å². The molecule has 1 aliphatic rings. The van der Waals surface area contributed by atoms with Crippen molar-refractivity contribution in [2.24, 2.45) is 0 Å². The van der Waals surface area contributed by atoms with E-state index in [0.29, 0.717) is 29.2 Å². The normalized spacial score (nSPS) is 13.8. The van der Waals surface area contributed by atoms with Crippen LogP contribution in [0.2, 0.25) is 0 Å². The van der Waals surface area contributed by atoms with Gasteiger partial charge in [0.15, 0.2) is 0 Å². The maximum atomic E-state index is 12.1. The SMILES string of the molecule is O=C(CNC(=O)c1cccs1)Nc1ccccc1N1CCCC1=O. The van der Waals surface area contributed by atoms with E-state index in [1.54, 1.807) is 34.5 Å². The number of carbonyl (C=O) groups is 3. The molecule has 0 unspecified atom stereocenters. The number of thiophene rings is 1. The van der Waals surface area contributed by atoms with Crippen molar-refractivity contribution in [3.8, 4) is 0 Å². The number of benzene rings is 1. The maximum Gasteiger partial charge on any atom is 0.261 e. The fourth-order valence-electron chi connectivity index (χ4n) is 2.57. The van der Waals surface area contributed by atoms with Gasteiger partial charge in [0.1, 0.15) is 0 Å². The molecule has 0 atom stereocenters. The van der Waals surface area contributed by atoms with Gasteiger partial charge in [-0.3, -0.25) is 14.4 Å². The Bertz CT molecular complexity index is 758. The fraction of sp³-hybridized carbons (Fsp3) is 0.235. The van der Waals surface area contributed by atoms with E-state index in [0.717, 1.165) is 6.42 Å². The first kappa shape index (κ1) is 16.2. The van der Waals surface area contributed by atoms with Crippen LogP contribution in [0.1, 0.15) is 22.5 Å². The molecule has 0 bridgehead atoms. The van der Waals surface area contributed by atoms with Crippen LogP contribution in [0.4, 0.5) is 11.4 Å². The minimum Gasteiger partial charge on any atom is -0.342 e. The van der Waals surface area contributed by atoms with Gasteiger partial charge in [-0.2, -0.15) is 0 Å². The Labute approximate surface area is 143 Å². The van der Waals surface area contributed by atoms with Crippen LogP contribution >= 0.6 is 11.3 Å². The first-order valence-electron chi connectivity index (χ1n) is 7.66. The van der Waals surface area contributed by atoms with E-state index in [9.17, 15) is 14.4 Å². The van der Waals surface area contributed by atoms with Crippen molar-refractivity contribution in [2.75, 3.05) is 23.3 Å². The second-order valence-electron chi connectivity index (χ2n) is 5.37. The third kappa shape index (κ3) is 3.62. The minimum atomic E-state index is -0.334. The molecule has 2 N–H and O–H groups in total. The van der Waals surface area contributed by atoms with Crippen LogP contribution in [0.25, 0.3) is 0 Å². The van der Waals surface area contributed by atoms with Crippen molar-refractivity contribution in [3.05, 3.63) is 46.7 Å². The summed E-state index contributed by atoms with van der Waals surface area (Å²) in [6.07, 6.45) is 1.34. The third-order valence-corrected chi connectivity index (χ3v) is 4.57. The average Bonchev–Trinajstić information content (AvgIpc) is 3.25. The van der Waals surface area contributed by atoms with E-state index >= 15 is 0 Å². The number of amides is 3. The van der Waals surface area contributed by atoms with Crippen LogP contribution in [0, 0.1) is 0 Å². The van der Waals surface area contributed by atoms with Gasteiger partial charge in [0.2, 0.25) is 11.8 Å². The van der Waals surface area contributed by atoms with Crippen molar-refractivity contribution >= 4 is 40.4 Å². The van der Waals surface area contributed by atoms with Crippen molar-refractivity contribution in [1.82, 2.24) is 5.32 Å². The molecule has 2 aromatic rings. The quantitative estimate of drug-likeness (QED) is 0.874. The molecule has 6 nitrogen and oxygen atoms in total. The molecule has 0 radical (unpaired) electrons. The Morgan fingerprint density at radius 1 is 1.17 bits per heavy atom. The summed E-state index contributed by atoms with van der Waals surface area (Å²) >= 11 is 1.32. The van der Waals surface area contributed by atoms with E-state index in [4.69, 9.17) is 0 Å². The Balaban J connectivity index is 1.62. The summed E-state index contributed by atoms with van der Waals surface area (Å²) in [6, 6.07) is 10.7. The van der Waals surface area contributed by atoms with Gasteiger partial charge >= 0.3 is 0 Å². The lowest BCUT2D eigenvalue weighted by molar-refractivity contribution is -0.117. The van der Waals surface area contributed by atoms with Crippen LogP contribution in [-0.2, 0) is 9.59 Å². The van der Waals surface area contributed by atoms with Crippen molar-refractivity contribution in [1.29, 1.82) is 0 Å². The van der Waals surface area contributed by atoms with Gasteiger partial charge in [-0.1, -0.05) is 18.2 Å². The van der Waals surface area contributed by atoms with E-state index in [1.165, 1.54) is 11.3 Å². The standard InChI is InChI=1S/C17H17N3O3S/c21-15(11-18-17(23)14-7-4-10-24-14)19-12-5-1-2-6-13(12)20-9-3-8-16(20)22/h1-2,4-7,10H,3,8-9,11H2,(H,18,23)(H,19,21). The molecule has 0 aliphatic carbocycles. The second kappa shape index (κ2) is 7.27. The van der Waals surface area contributed by atoms with Gasteiger partial charge < -0.3 is 15.5 Å². The maximum absolute atomic E-state index is 12.1. The molecule has 0 saturated carbocycles. The number of nitrogens with one attached hydrogen (secondary N) is 2. The second-order valence-corrected chi connectivity index (χ2v) is 6.32. The van der Waals surface area contributed by atoms with Gasteiger partial charge in [0.05, 0.1) is 22.8 Å². The van der Waals surface area contributed by atoms with Crippen LogP contribution in [0.15, 0.2) is 41.8 Å². The predicted octanol–water partition coefficient (Wildman–Crippen LogP) is 2.24. The molecule has 1 fully saturated rings. The number of hydrogen-bond acceptors (Lipinski definition) is 4. The van der Waals surface area contributed by atoms with Gasteiger partial charge in [-0.05, 0) is 30.0 Å². The number of para-hydroxylation sites is 2. The highest BCUT2D eigenvalue weighted by molar-refractivity contribution is 7.12. The summed E-state index contributed by atoms with van der Waals surface area (Å²) in [5.74, 6) is -0.551. The first-order chi connectivity index (χ1) is 11.6. The lowest BCUT2D eigenvalue weighted by Gasteiger charge is -2.20. The van der Waals surface area contributed by atoms with E-state index < -0.39 is 0 Å². The average molecular weight is 343 g/mol. The van der Waals surface area contributed by atoms with Crippen molar-refractivity contribution in [2.45, 2.75) is 12.8 Å². The third-order valence-electron chi connectivity index (χ3n) is 3.70.